The van der Waals surface area contributed by atoms with E-state index in [2.05, 4.69) is 66.3 Å². The van der Waals surface area contributed by atoms with Gasteiger partial charge in [-0.1, -0.05) is 23.7 Å². The zero-order valence-corrected chi connectivity index (χ0v) is 33.1. The molecule has 0 radical (unpaired) electrons. The van der Waals surface area contributed by atoms with Crippen molar-refractivity contribution >= 4 is 57.4 Å². The Kier molecular flexibility index (Phi) is 10.2. The molecule has 0 unspecified atom stereocenters. The van der Waals surface area contributed by atoms with Crippen LogP contribution >= 0.6 is 11.6 Å². The molecule has 4 aromatic rings. The average Bonchev–Trinajstić information content (AvgIpc) is 3.83. The number of rotatable bonds is 8. The number of anilines is 3. The topological polar surface area (TPSA) is 141 Å². The molecule has 2 aromatic heterocycles. The van der Waals surface area contributed by atoms with Crippen LogP contribution < -0.4 is 24.8 Å². The van der Waals surface area contributed by atoms with Crippen molar-refractivity contribution < 1.29 is 19.1 Å². The van der Waals surface area contributed by atoms with Gasteiger partial charge in [-0.3, -0.25) is 24.6 Å². The number of H-pyrrole nitrogens is 1. The number of hydrogen-bond donors (Lipinski definition) is 2. The third kappa shape index (κ3) is 7.14. The number of benzene rings is 2. The van der Waals surface area contributed by atoms with Gasteiger partial charge in [0.2, 0.25) is 17.7 Å². The smallest absolute Gasteiger partial charge is 0.260 e. The molecule has 4 saturated heterocycles. The lowest BCUT2D eigenvalue weighted by atomic mass is 9.89. The van der Waals surface area contributed by atoms with Gasteiger partial charge < -0.3 is 29.3 Å². The molecule has 5 aliphatic rings. The number of hydrogen-bond acceptors (Lipinski definition) is 10. The van der Waals surface area contributed by atoms with E-state index in [9.17, 15) is 19.6 Å². The van der Waals surface area contributed by atoms with Crippen molar-refractivity contribution in [2.75, 3.05) is 80.7 Å². The predicted molar refractivity (Wildman–Crippen MR) is 219 cm³/mol. The maximum Gasteiger partial charge on any atom is 0.260 e. The molecule has 0 bridgehead atoms. The molecule has 2 N–H and O–H groups in total. The van der Waals surface area contributed by atoms with E-state index in [4.69, 9.17) is 21.3 Å². The summed E-state index contributed by atoms with van der Waals surface area (Å²) in [5, 5.41) is 13.3. The molecule has 0 saturated carbocycles. The first-order valence-electron chi connectivity index (χ1n) is 20.3. The minimum Gasteiger partial charge on any atom is -0.480 e. The number of nitrogens with one attached hydrogen (secondary N) is 2. The Balaban J connectivity index is 0.740. The summed E-state index contributed by atoms with van der Waals surface area (Å²) in [6, 6.07) is 16.8. The van der Waals surface area contributed by atoms with Crippen LogP contribution in [-0.4, -0.2) is 110 Å². The number of nitriles is 1. The number of ether oxygens (including phenoxy) is 1. The van der Waals surface area contributed by atoms with Crippen molar-refractivity contribution in [3.05, 3.63) is 75.9 Å². The predicted octanol–water partition coefficient (Wildman–Crippen LogP) is 5.28. The minimum absolute atomic E-state index is 0.217. The number of piperazine rings is 1. The number of carbonyl (C=O) groups excluding carboxylic acids is 3. The molecule has 7 heterocycles. The highest BCUT2D eigenvalue weighted by Crippen LogP contribution is 2.39. The Labute approximate surface area is 337 Å². The lowest BCUT2D eigenvalue weighted by Gasteiger charge is -2.40. The maximum atomic E-state index is 13.4. The van der Waals surface area contributed by atoms with Gasteiger partial charge in [-0.25, -0.2) is 0 Å². The second kappa shape index (κ2) is 15.6. The van der Waals surface area contributed by atoms with Gasteiger partial charge in [0.05, 0.1) is 28.9 Å². The number of fused-ring (bicyclic) bond motifs is 2. The molecule has 13 nitrogen and oxygen atoms in total. The Hall–Kier alpha value is -5.32. The molecule has 14 heteroatoms. The van der Waals surface area contributed by atoms with Crippen LogP contribution in [0.1, 0.15) is 71.5 Å². The van der Waals surface area contributed by atoms with Gasteiger partial charge in [-0.2, -0.15) is 10.2 Å². The Morgan fingerprint density at radius 2 is 1.63 bits per heavy atom. The zero-order valence-electron chi connectivity index (χ0n) is 32.3. The summed E-state index contributed by atoms with van der Waals surface area (Å²) < 4.78 is 5.60. The number of piperidine rings is 3. The van der Waals surface area contributed by atoms with Crippen LogP contribution in [0.2, 0.25) is 5.02 Å². The Morgan fingerprint density at radius 1 is 0.895 bits per heavy atom. The SMILES string of the molecule is COc1nc(N2CCN(CC3CCN(c4ccc(C5CCN(c6ccc(Cl)c7c(C#N)c[nH]c67)CC5)cc4)CC3)CC2)cc2c1C(=O)N([C@@H]1CCC(=O)NC1=O)C2. The highest BCUT2D eigenvalue weighted by atomic mass is 35.5. The fraction of sp³-hybridized carbons (Fsp3) is 0.465. The summed E-state index contributed by atoms with van der Waals surface area (Å²) in [5.41, 5.74) is 6.59. The fourth-order valence-corrected chi connectivity index (χ4v) is 9.96. The molecule has 1 atom stereocenters. The van der Waals surface area contributed by atoms with E-state index >= 15 is 0 Å². The number of methoxy groups -OCH3 is 1. The molecule has 296 valence electrons. The highest BCUT2D eigenvalue weighted by molar-refractivity contribution is 6.36. The van der Waals surface area contributed by atoms with Gasteiger partial charge in [-0.15, -0.1) is 0 Å². The molecule has 0 spiro atoms. The first kappa shape index (κ1) is 37.3. The zero-order chi connectivity index (χ0) is 39.2. The number of aromatic nitrogens is 2. The number of imide groups is 1. The van der Waals surface area contributed by atoms with Crippen molar-refractivity contribution in [2.45, 2.75) is 57.0 Å². The van der Waals surface area contributed by atoms with Crippen molar-refractivity contribution in [1.82, 2.24) is 25.1 Å². The van der Waals surface area contributed by atoms with Crippen LogP contribution in [0.5, 0.6) is 5.88 Å². The van der Waals surface area contributed by atoms with E-state index in [0.29, 0.717) is 41.0 Å². The van der Waals surface area contributed by atoms with Gasteiger partial charge in [0, 0.05) is 89.1 Å². The van der Waals surface area contributed by atoms with Crippen molar-refractivity contribution in [1.29, 1.82) is 5.26 Å². The second-order valence-electron chi connectivity index (χ2n) is 16.1. The summed E-state index contributed by atoms with van der Waals surface area (Å²) in [7, 11) is 1.52. The van der Waals surface area contributed by atoms with Gasteiger partial charge in [-0.05, 0) is 85.4 Å². The van der Waals surface area contributed by atoms with Crippen molar-refractivity contribution in [3.63, 3.8) is 0 Å². The Morgan fingerprint density at radius 3 is 2.33 bits per heavy atom. The van der Waals surface area contributed by atoms with Crippen LogP contribution in [0.3, 0.4) is 0 Å². The quantitative estimate of drug-likeness (QED) is 0.227. The number of pyridine rings is 1. The summed E-state index contributed by atoms with van der Waals surface area (Å²) in [6.45, 7) is 9.02. The standard InChI is InChI=1S/C43H48ClN9O4/c1-57-42-39-30(26-53(43(39)56)35-8-9-37(54)48-41(35)55)22-36(47-42)52-20-18-49(19-21-52)25-27-10-14-50(15-11-27)32-4-2-28(3-5-32)29-12-16-51(17-13-29)34-7-6-33(44)38-31(23-45)24-46-40(34)38/h2-7,22,24,27,29,35,46H,8-21,25-26H2,1H3,(H,48,54,55)/t35-/m1/s1. The van der Waals surface area contributed by atoms with Crippen LogP contribution in [0.25, 0.3) is 10.9 Å². The van der Waals surface area contributed by atoms with Gasteiger partial charge >= 0.3 is 0 Å². The van der Waals surface area contributed by atoms with E-state index in [1.807, 2.05) is 12.1 Å². The average molecular weight is 790 g/mol. The highest BCUT2D eigenvalue weighted by Gasteiger charge is 2.41. The molecule has 0 aliphatic carbocycles. The first-order chi connectivity index (χ1) is 27.8. The monoisotopic (exact) mass is 789 g/mol. The molecule has 2 aromatic carbocycles. The third-order valence-electron chi connectivity index (χ3n) is 12.9. The van der Waals surface area contributed by atoms with E-state index in [0.717, 1.165) is 99.7 Å². The molecule has 57 heavy (non-hydrogen) atoms. The van der Waals surface area contributed by atoms with E-state index in [1.54, 1.807) is 11.1 Å². The van der Waals surface area contributed by atoms with E-state index in [1.165, 1.54) is 31.2 Å². The molecule has 4 fully saturated rings. The number of aromatic amines is 1. The first-order valence-corrected chi connectivity index (χ1v) is 20.6. The second-order valence-corrected chi connectivity index (χ2v) is 16.5. The third-order valence-corrected chi connectivity index (χ3v) is 13.2. The summed E-state index contributed by atoms with van der Waals surface area (Å²) in [5.74, 6) is 1.28. The van der Waals surface area contributed by atoms with Gasteiger partial charge in [0.1, 0.15) is 23.5 Å². The molecule has 9 rings (SSSR count). The molecule has 5 aliphatic heterocycles. The van der Waals surface area contributed by atoms with Crippen LogP contribution in [0.15, 0.2) is 48.7 Å². The number of amides is 3. The lowest BCUT2D eigenvalue weighted by Crippen LogP contribution is -2.52. The van der Waals surface area contributed by atoms with Crippen LogP contribution in [-0.2, 0) is 16.1 Å². The number of halogens is 1. The summed E-state index contributed by atoms with van der Waals surface area (Å²) in [6.07, 6.45) is 6.81. The van der Waals surface area contributed by atoms with Gasteiger partial charge in [0.25, 0.3) is 5.91 Å². The van der Waals surface area contributed by atoms with Crippen molar-refractivity contribution in [2.24, 2.45) is 5.92 Å². The van der Waals surface area contributed by atoms with E-state index in [-0.39, 0.29) is 24.1 Å². The normalized spacial score (nSPS) is 21.3. The molecular formula is C43H48ClN9O4. The Bertz CT molecular complexity index is 2230. The van der Waals surface area contributed by atoms with Crippen LogP contribution in [0.4, 0.5) is 17.2 Å². The number of carbonyl (C=O) groups is 3. The summed E-state index contributed by atoms with van der Waals surface area (Å²) >= 11 is 6.46. The minimum atomic E-state index is -0.673. The fourth-order valence-electron chi connectivity index (χ4n) is 9.70. The molecular weight excluding hydrogens is 742 g/mol. The molecule has 3 amide bonds. The largest absolute Gasteiger partial charge is 0.480 e. The van der Waals surface area contributed by atoms with E-state index < -0.39 is 11.9 Å². The van der Waals surface area contributed by atoms with Crippen LogP contribution in [0, 0.1) is 17.2 Å². The number of nitrogens with zero attached hydrogens (tertiary/aromatic N) is 7. The summed E-state index contributed by atoms with van der Waals surface area (Å²) in [4.78, 5) is 57.0. The van der Waals surface area contributed by atoms with Gasteiger partial charge in [0.15, 0.2) is 0 Å². The van der Waals surface area contributed by atoms with Crippen molar-refractivity contribution in [3.8, 4) is 11.9 Å². The lowest BCUT2D eigenvalue weighted by molar-refractivity contribution is -0.136. The maximum absolute atomic E-state index is 13.4.